The van der Waals surface area contributed by atoms with E-state index in [0.717, 1.165) is 5.56 Å². The summed E-state index contributed by atoms with van der Waals surface area (Å²) in [5.41, 5.74) is 1.28. The molecule has 138 valence electrons. The molecule has 2 N–H and O–H groups in total. The number of rotatable bonds is 8. The molecule has 0 bridgehead atoms. The van der Waals surface area contributed by atoms with Gasteiger partial charge in [-0.25, -0.2) is 0 Å². The third kappa shape index (κ3) is 5.39. The minimum atomic E-state index is -0.440. The Morgan fingerprint density at radius 1 is 1.00 bits per heavy atom. The Morgan fingerprint density at radius 2 is 1.65 bits per heavy atom. The van der Waals surface area contributed by atoms with Gasteiger partial charge in [0.05, 0.1) is 20.8 Å². The summed E-state index contributed by atoms with van der Waals surface area (Å²) in [4.78, 5) is 24.3. The van der Waals surface area contributed by atoms with E-state index in [9.17, 15) is 9.59 Å². The van der Waals surface area contributed by atoms with Crippen LogP contribution < -0.4 is 20.1 Å². The predicted molar refractivity (Wildman–Crippen MR) is 100 cm³/mol. The summed E-state index contributed by atoms with van der Waals surface area (Å²) >= 11 is 5.92. The number of ether oxygens (including phenoxy) is 2. The molecular weight excluding hydrogens is 356 g/mol. The van der Waals surface area contributed by atoms with E-state index in [1.807, 2.05) is 18.2 Å². The second kappa shape index (κ2) is 9.68. The Balaban J connectivity index is 1.84. The van der Waals surface area contributed by atoms with Gasteiger partial charge >= 0.3 is 0 Å². The van der Waals surface area contributed by atoms with Crippen LogP contribution in [-0.4, -0.2) is 39.1 Å². The van der Waals surface area contributed by atoms with Gasteiger partial charge in [0.15, 0.2) is 0 Å². The third-order valence-electron chi connectivity index (χ3n) is 3.69. The number of methoxy groups -OCH3 is 2. The topological polar surface area (TPSA) is 76.7 Å². The van der Waals surface area contributed by atoms with Crippen LogP contribution in [-0.2, 0) is 11.2 Å². The highest BCUT2D eigenvalue weighted by Gasteiger charge is 2.18. The molecule has 2 amide bonds. The molecule has 0 aliphatic carbocycles. The Bertz CT molecular complexity index is 758. The van der Waals surface area contributed by atoms with Crippen molar-refractivity contribution in [2.24, 2.45) is 0 Å². The van der Waals surface area contributed by atoms with Gasteiger partial charge in [0.2, 0.25) is 5.91 Å². The SMILES string of the molecule is COc1cccc(OC)c1C(=O)NCC(=O)NCCc1cccc(Cl)c1. The number of carbonyl (C=O) groups is 2. The number of nitrogens with one attached hydrogen (secondary N) is 2. The van der Waals surface area contributed by atoms with Crippen molar-refractivity contribution in [3.63, 3.8) is 0 Å². The van der Waals surface area contributed by atoms with Gasteiger partial charge in [-0.2, -0.15) is 0 Å². The zero-order chi connectivity index (χ0) is 18.9. The van der Waals surface area contributed by atoms with Gasteiger partial charge in [-0.1, -0.05) is 29.8 Å². The van der Waals surface area contributed by atoms with E-state index in [1.165, 1.54) is 14.2 Å². The first-order chi connectivity index (χ1) is 12.5. The number of benzene rings is 2. The molecule has 0 heterocycles. The maximum Gasteiger partial charge on any atom is 0.259 e. The fourth-order valence-electron chi connectivity index (χ4n) is 2.43. The van der Waals surface area contributed by atoms with Crippen molar-refractivity contribution < 1.29 is 19.1 Å². The normalized spacial score (nSPS) is 10.1. The predicted octanol–water partition coefficient (Wildman–Crippen LogP) is 2.45. The highest BCUT2D eigenvalue weighted by atomic mass is 35.5. The molecule has 2 aromatic carbocycles. The first-order valence-electron chi connectivity index (χ1n) is 8.05. The Morgan fingerprint density at radius 3 is 2.27 bits per heavy atom. The van der Waals surface area contributed by atoms with Gasteiger partial charge in [0.1, 0.15) is 17.1 Å². The largest absolute Gasteiger partial charge is 0.496 e. The molecule has 0 atom stereocenters. The van der Waals surface area contributed by atoms with E-state index < -0.39 is 5.91 Å². The van der Waals surface area contributed by atoms with Crippen LogP contribution >= 0.6 is 11.6 Å². The Kier molecular flexibility index (Phi) is 7.29. The second-order valence-electron chi connectivity index (χ2n) is 5.45. The fourth-order valence-corrected chi connectivity index (χ4v) is 2.64. The van der Waals surface area contributed by atoms with Crippen molar-refractivity contribution >= 4 is 23.4 Å². The molecule has 7 heteroatoms. The molecule has 0 aliphatic rings. The zero-order valence-electron chi connectivity index (χ0n) is 14.7. The molecular formula is C19H21ClN2O4. The maximum absolute atomic E-state index is 12.4. The highest BCUT2D eigenvalue weighted by molar-refractivity contribution is 6.30. The summed E-state index contributed by atoms with van der Waals surface area (Å²) in [7, 11) is 2.93. The summed E-state index contributed by atoms with van der Waals surface area (Å²) in [5, 5.41) is 5.99. The summed E-state index contributed by atoms with van der Waals surface area (Å²) < 4.78 is 10.4. The molecule has 0 aliphatic heterocycles. The van der Waals surface area contributed by atoms with E-state index in [1.54, 1.807) is 24.3 Å². The van der Waals surface area contributed by atoms with Gasteiger partial charge in [0.25, 0.3) is 5.91 Å². The minimum Gasteiger partial charge on any atom is -0.496 e. The molecule has 6 nitrogen and oxygen atoms in total. The molecule has 0 spiro atoms. The molecule has 0 saturated heterocycles. The van der Waals surface area contributed by atoms with Crippen LogP contribution in [0, 0.1) is 0 Å². The minimum absolute atomic E-state index is 0.143. The molecule has 0 aromatic heterocycles. The fraction of sp³-hybridized carbons (Fsp3) is 0.263. The lowest BCUT2D eigenvalue weighted by Gasteiger charge is -2.13. The molecule has 2 aromatic rings. The highest BCUT2D eigenvalue weighted by Crippen LogP contribution is 2.27. The summed E-state index contributed by atoms with van der Waals surface area (Å²) in [6, 6.07) is 12.5. The molecule has 0 radical (unpaired) electrons. The van der Waals surface area contributed by atoms with Crippen LogP contribution in [0.25, 0.3) is 0 Å². The molecule has 0 unspecified atom stereocenters. The number of halogens is 1. The van der Waals surface area contributed by atoms with E-state index >= 15 is 0 Å². The zero-order valence-corrected chi connectivity index (χ0v) is 15.4. The van der Waals surface area contributed by atoms with Crippen molar-refractivity contribution in [1.82, 2.24) is 10.6 Å². The van der Waals surface area contributed by atoms with Gasteiger partial charge in [-0.05, 0) is 36.2 Å². The van der Waals surface area contributed by atoms with Gasteiger partial charge in [-0.3, -0.25) is 9.59 Å². The molecule has 2 rings (SSSR count). The molecule has 26 heavy (non-hydrogen) atoms. The molecule has 0 saturated carbocycles. The second-order valence-corrected chi connectivity index (χ2v) is 5.89. The summed E-state index contributed by atoms with van der Waals surface area (Å²) in [5.74, 6) is 0.0324. The number of hydrogen-bond donors (Lipinski definition) is 2. The van der Waals surface area contributed by atoms with E-state index in [0.29, 0.717) is 29.5 Å². The Labute approximate surface area is 157 Å². The summed E-state index contributed by atoms with van der Waals surface area (Å²) in [6.45, 7) is 0.308. The third-order valence-corrected chi connectivity index (χ3v) is 3.92. The van der Waals surface area contributed by atoms with Crippen molar-refractivity contribution in [2.45, 2.75) is 6.42 Å². The summed E-state index contributed by atoms with van der Waals surface area (Å²) in [6.07, 6.45) is 0.653. The van der Waals surface area contributed by atoms with Crippen LogP contribution in [0.2, 0.25) is 5.02 Å². The lowest BCUT2D eigenvalue weighted by molar-refractivity contribution is -0.120. The Hall–Kier alpha value is -2.73. The smallest absolute Gasteiger partial charge is 0.259 e. The van der Waals surface area contributed by atoms with Gasteiger partial charge in [0, 0.05) is 11.6 Å². The average Bonchev–Trinajstić information content (AvgIpc) is 2.65. The lowest BCUT2D eigenvalue weighted by Crippen LogP contribution is -2.37. The average molecular weight is 377 g/mol. The standard InChI is InChI=1S/C19H21ClN2O4/c1-25-15-7-4-8-16(26-2)18(15)19(24)22-12-17(23)21-10-9-13-5-3-6-14(20)11-13/h3-8,11H,9-10,12H2,1-2H3,(H,21,23)(H,22,24). The van der Waals surface area contributed by atoms with E-state index in [-0.39, 0.29) is 18.0 Å². The van der Waals surface area contributed by atoms with Crippen LogP contribution in [0.5, 0.6) is 11.5 Å². The van der Waals surface area contributed by atoms with Gasteiger partial charge < -0.3 is 20.1 Å². The lowest BCUT2D eigenvalue weighted by atomic mass is 10.1. The van der Waals surface area contributed by atoms with Crippen LogP contribution in [0.1, 0.15) is 15.9 Å². The number of hydrogen-bond acceptors (Lipinski definition) is 4. The first-order valence-corrected chi connectivity index (χ1v) is 8.43. The first kappa shape index (κ1) is 19.6. The van der Waals surface area contributed by atoms with Crippen molar-refractivity contribution in [3.8, 4) is 11.5 Å². The van der Waals surface area contributed by atoms with Crippen molar-refractivity contribution in [2.75, 3.05) is 27.3 Å². The van der Waals surface area contributed by atoms with E-state index in [2.05, 4.69) is 10.6 Å². The monoisotopic (exact) mass is 376 g/mol. The maximum atomic E-state index is 12.4. The quantitative estimate of drug-likeness (QED) is 0.742. The number of amides is 2. The van der Waals surface area contributed by atoms with Crippen LogP contribution in [0.15, 0.2) is 42.5 Å². The van der Waals surface area contributed by atoms with Gasteiger partial charge in [-0.15, -0.1) is 0 Å². The number of carbonyl (C=O) groups excluding carboxylic acids is 2. The van der Waals surface area contributed by atoms with Crippen LogP contribution in [0.4, 0.5) is 0 Å². The molecule has 0 fully saturated rings. The van der Waals surface area contributed by atoms with Crippen LogP contribution in [0.3, 0.4) is 0 Å². The van der Waals surface area contributed by atoms with Crippen molar-refractivity contribution in [3.05, 3.63) is 58.6 Å². The van der Waals surface area contributed by atoms with E-state index in [4.69, 9.17) is 21.1 Å². The van der Waals surface area contributed by atoms with Crippen molar-refractivity contribution in [1.29, 1.82) is 0 Å².